The van der Waals surface area contributed by atoms with Crippen molar-refractivity contribution in [2.45, 2.75) is 39.2 Å². The van der Waals surface area contributed by atoms with Crippen molar-refractivity contribution in [1.29, 1.82) is 0 Å². The van der Waals surface area contributed by atoms with Crippen LogP contribution in [0.25, 0.3) is 0 Å². The van der Waals surface area contributed by atoms with Crippen LogP contribution in [0.1, 0.15) is 44.7 Å². The second kappa shape index (κ2) is 5.38. The van der Waals surface area contributed by atoms with Crippen LogP contribution >= 0.6 is 23.2 Å². The van der Waals surface area contributed by atoms with Crippen molar-refractivity contribution in [3.05, 3.63) is 33.8 Å². The third-order valence-electron chi connectivity index (χ3n) is 4.24. The Kier molecular flexibility index (Phi) is 4.22. The molecule has 1 aliphatic rings. The molecule has 2 unspecified atom stereocenters. The predicted octanol–water partition coefficient (Wildman–Crippen LogP) is 4.32. The number of nitrogens with one attached hydrogen (secondary N) is 1. The molecule has 1 fully saturated rings. The minimum Gasteiger partial charge on any atom is -0.271 e. The Morgan fingerprint density at radius 2 is 2.11 bits per heavy atom. The minimum atomic E-state index is 0.0636. The lowest BCUT2D eigenvalue weighted by Gasteiger charge is -2.34. The first-order valence-electron chi connectivity index (χ1n) is 6.37. The molecule has 0 aliphatic heterocycles. The van der Waals surface area contributed by atoms with Gasteiger partial charge in [-0.25, -0.2) is 0 Å². The molecular formula is C14H20Cl2N2. The molecule has 3 N–H and O–H groups in total. The van der Waals surface area contributed by atoms with Gasteiger partial charge in [0.05, 0.1) is 16.1 Å². The van der Waals surface area contributed by atoms with Gasteiger partial charge < -0.3 is 0 Å². The molecule has 0 amide bonds. The smallest absolute Gasteiger partial charge is 0.0640 e. The Hall–Kier alpha value is -0.280. The van der Waals surface area contributed by atoms with Crippen LogP contribution in [-0.4, -0.2) is 0 Å². The average Bonchev–Trinajstić information content (AvgIpc) is 2.66. The van der Waals surface area contributed by atoms with Crippen LogP contribution in [0.15, 0.2) is 18.2 Å². The van der Waals surface area contributed by atoms with E-state index in [1.165, 1.54) is 19.3 Å². The molecule has 0 saturated heterocycles. The monoisotopic (exact) mass is 286 g/mol. The maximum atomic E-state index is 6.31. The zero-order valence-corrected chi connectivity index (χ0v) is 12.4. The van der Waals surface area contributed by atoms with Gasteiger partial charge in [-0.1, -0.05) is 55.6 Å². The van der Waals surface area contributed by atoms with Crippen LogP contribution < -0.4 is 11.3 Å². The van der Waals surface area contributed by atoms with Gasteiger partial charge in [0.2, 0.25) is 0 Å². The summed E-state index contributed by atoms with van der Waals surface area (Å²) < 4.78 is 0. The molecule has 100 valence electrons. The van der Waals surface area contributed by atoms with E-state index in [-0.39, 0.29) is 11.5 Å². The number of benzene rings is 1. The quantitative estimate of drug-likeness (QED) is 0.641. The Morgan fingerprint density at radius 1 is 1.39 bits per heavy atom. The maximum Gasteiger partial charge on any atom is 0.0640 e. The highest BCUT2D eigenvalue weighted by molar-refractivity contribution is 6.42. The minimum absolute atomic E-state index is 0.0636. The first-order valence-corrected chi connectivity index (χ1v) is 7.13. The van der Waals surface area contributed by atoms with Crippen molar-refractivity contribution in [2.24, 2.45) is 17.2 Å². The highest BCUT2D eigenvalue weighted by atomic mass is 35.5. The van der Waals surface area contributed by atoms with Crippen molar-refractivity contribution in [3.8, 4) is 0 Å². The Morgan fingerprint density at radius 3 is 2.67 bits per heavy atom. The zero-order chi connectivity index (χ0) is 13.3. The lowest BCUT2D eigenvalue weighted by molar-refractivity contribution is 0.198. The molecule has 1 aromatic carbocycles. The van der Waals surface area contributed by atoms with Crippen molar-refractivity contribution in [3.63, 3.8) is 0 Å². The Bertz CT molecular complexity index is 432. The topological polar surface area (TPSA) is 38.0 Å². The van der Waals surface area contributed by atoms with Crippen LogP contribution in [0.4, 0.5) is 0 Å². The zero-order valence-electron chi connectivity index (χ0n) is 10.8. The van der Waals surface area contributed by atoms with Gasteiger partial charge in [0, 0.05) is 0 Å². The second-order valence-electron chi connectivity index (χ2n) is 5.77. The fourth-order valence-corrected chi connectivity index (χ4v) is 3.58. The van der Waals surface area contributed by atoms with E-state index in [9.17, 15) is 0 Å². The summed E-state index contributed by atoms with van der Waals surface area (Å²) in [6.45, 7) is 4.60. The molecule has 2 atom stereocenters. The van der Waals surface area contributed by atoms with Crippen molar-refractivity contribution in [1.82, 2.24) is 5.43 Å². The molecule has 1 aliphatic carbocycles. The lowest BCUT2D eigenvalue weighted by atomic mass is 9.75. The molecule has 0 bridgehead atoms. The van der Waals surface area contributed by atoms with Crippen LogP contribution in [0, 0.1) is 11.3 Å². The summed E-state index contributed by atoms with van der Waals surface area (Å²) in [6.07, 6.45) is 3.65. The number of hydrazine groups is 1. The summed E-state index contributed by atoms with van der Waals surface area (Å²) in [7, 11) is 0. The van der Waals surface area contributed by atoms with Gasteiger partial charge in [-0.15, -0.1) is 0 Å². The molecule has 18 heavy (non-hydrogen) atoms. The number of nitrogens with two attached hydrogens (primary N) is 1. The first-order chi connectivity index (χ1) is 8.47. The maximum absolute atomic E-state index is 6.31. The van der Waals surface area contributed by atoms with Gasteiger partial charge in [-0.05, 0) is 35.8 Å². The van der Waals surface area contributed by atoms with E-state index < -0.39 is 0 Å². The van der Waals surface area contributed by atoms with Gasteiger partial charge in [0.15, 0.2) is 0 Å². The van der Waals surface area contributed by atoms with Gasteiger partial charge in [-0.2, -0.15) is 0 Å². The van der Waals surface area contributed by atoms with E-state index in [2.05, 4.69) is 19.3 Å². The summed E-state index contributed by atoms with van der Waals surface area (Å²) >= 11 is 12.4. The van der Waals surface area contributed by atoms with Gasteiger partial charge in [0.1, 0.15) is 0 Å². The molecule has 1 saturated carbocycles. The third-order valence-corrected chi connectivity index (χ3v) is 5.07. The summed E-state index contributed by atoms with van der Waals surface area (Å²) in [5.41, 5.74) is 4.23. The van der Waals surface area contributed by atoms with Crippen molar-refractivity contribution in [2.75, 3.05) is 0 Å². The van der Waals surface area contributed by atoms with E-state index in [4.69, 9.17) is 29.0 Å². The molecule has 0 radical (unpaired) electrons. The van der Waals surface area contributed by atoms with E-state index in [0.29, 0.717) is 16.0 Å². The van der Waals surface area contributed by atoms with Crippen LogP contribution in [0.5, 0.6) is 0 Å². The van der Waals surface area contributed by atoms with Crippen LogP contribution in [-0.2, 0) is 0 Å². The molecule has 1 aromatic rings. The Balaban J connectivity index is 2.37. The van der Waals surface area contributed by atoms with E-state index in [0.717, 1.165) is 5.56 Å². The fourth-order valence-electron chi connectivity index (χ4n) is 3.15. The highest BCUT2D eigenvalue weighted by Gasteiger charge is 2.40. The summed E-state index contributed by atoms with van der Waals surface area (Å²) in [6, 6.07) is 5.80. The van der Waals surface area contributed by atoms with E-state index in [1.54, 1.807) is 6.07 Å². The third kappa shape index (κ3) is 2.53. The molecular weight excluding hydrogens is 267 g/mol. The largest absolute Gasteiger partial charge is 0.271 e. The fraction of sp³-hybridized carbons (Fsp3) is 0.571. The standard InChI is InChI=1S/C14H20Cl2N2/c1-14(2)8-4-6-10(14)13(18-17)9-5-3-7-11(15)12(9)16/h3,5,7,10,13,18H,4,6,8,17H2,1-2H3. The first kappa shape index (κ1) is 14.1. The lowest BCUT2D eigenvalue weighted by Crippen LogP contribution is -2.37. The predicted molar refractivity (Wildman–Crippen MR) is 77.6 cm³/mol. The number of halogens is 2. The van der Waals surface area contributed by atoms with Crippen molar-refractivity contribution < 1.29 is 0 Å². The number of hydrogen-bond acceptors (Lipinski definition) is 2. The van der Waals surface area contributed by atoms with Crippen molar-refractivity contribution >= 4 is 23.2 Å². The highest BCUT2D eigenvalue weighted by Crippen LogP contribution is 2.49. The molecule has 2 rings (SSSR count). The van der Waals surface area contributed by atoms with E-state index >= 15 is 0 Å². The summed E-state index contributed by atoms with van der Waals surface area (Å²) in [5.74, 6) is 6.26. The average molecular weight is 287 g/mol. The van der Waals surface area contributed by atoms with Gasteiger partial charge in [0.25, 0.3) is 0 Å². The number of rotatable bonds is 3. The molecule has 2 nitrogen and oxygen atoms in total. The normalized spacial score (nSPS) is 24.2. The summed E-state index contributed by atoms with van der Waals surface area (Å²) in [4.78, 5) is 0. The SMILES string of the molecule is CC1(C)CCCC1C(NN)c1cccc(Cl)c1Cl. The molecule has 0 spiro atoms. The van der Waals surface area contributed by atoms with E-state index in [1.807, 2.05) is 12.1 Å². The van der Waals surface area contributed by atoms with Gasteiger partial charge in [-0.3, -0.25) is 11.3 Å². The van der Waals surface area contributed by atoms with Crippen LogP contribution in [0.3, 0.4) is 0 Å². The van der Waals surface area contributed by atoms with Gasteiger partial charge >= 0.3 is 0 Å². The summed E-state index contributed by atoms with van der Waals surface area (Å²) in [5, 5.41) is 1.20. The molecule has 0 heterocycles. The second-order valence-corrected chi connectivity index (χ2v) is 6.56. The molecule has 4 heteroatoms. The van der Waals surface area contributed by atoms with Crippen LogP contribution in [0.2, 0.25) is 10.0 Å². The Labute approximate surface area is 119 Å². The number of hydrogen-bond donors (Lipinski definition) is 2. The molecule has 0 aromatic heterocycles.